The number of hydrogen-bond donors (Lipinski definition) is 2. The molecule has 0 saturated heterocycles. The Labute approximate surface area is 267 Å². The van der Waals surface area contributed by atoms with Crippen LogP contribution in [-0.2, 0) is 0 Å². The molecule has 0 bridgehead atoms. The van der Waals surface area contributed by atoms with Crippen LogP contribution in [0.15, 0.2) is 201 Å². The number of hydrogen-bond acceptors (Lipinski definition) is 6. The van der Waals surface area contributed by atoms with E-state index in [2.05, 4.69) is 41.5 Å². The molecule has 0 unspecified atom stereocenters. The first-order valence-corrected chi connectivity index (χ1v) is 14.7. The van der Waals surface area contributed by atoms with Crippen molar-refractivity contribution in [3.8, 4) is 11.1 Å². The maximum atomic E-state index is 4.50. The fourth-order valence-electron chi connectivity index (χ4n) is 4.38. The van der Waals surface area contributed by atoms with Crippen LogP contribution in [0, 0.1) is 0 Å². The summed E-state index contributed by atoms with van der Waals surface area (Å²) in [6, 6.07) is 54.8. The van der Waals surface area contributed by atoms with Crippen molar-refractivity contribution >= 4 is 34.4 Å². The van der Waals surface area contributed by atoms with E-state index in [1.165, 1.54) is 0 Å². The molecular formula is C38H30N8. The topological polar surface area (TPSA) is 98.2 Å². The molecule has 0 aliphatic heterocycles. The van der Waals surface area contributed by atoms with Gasteiger partial charge in [-0.15, -0.1) is 20.5 Å². The van der Waals surface area contributed by atoms with Crippen molar-refractivity contribution in [3.63, 3.8) is 0 Å². The number of rotatable bonds is 9. The molecule has 0 fully saturated rings. The largest absolute Gasteiger partial charge is 0.276 e. The van der Waals surface area contributed by atoms with Crippen molar-refractivity contribution < 1.29 is 0 Å². The van der Waals surface area contributed by atoms with Gasteiger partial charge in [0.1, 0.15) is 0 Å². The van der Waals surface area contributed by atoms with E-state index in [-0.39, 0.29) is 0 Å². The highest BCUT2D eigenvalue weighted by Gasteiger charge is 2.05. The first-order chi connectivity index (χ1) is 22.8. The van der Waals surface area contributed by atoms with Gasteiger partial charge in [0, 0.05) is 11.1 Å². The van der Waals surface area contributed by atoms with Crippen molar-refractivity contribution in [1.29, 1.82) is 0 Å². The molecule has 2 N–H and O–H groups in total. The number of anilines is 2. The molecule has 8 heteroatoms. The third-order valence-corrected chi connectivity index (χ3v) is 6.78. The smallest absolute Gasteiger partial charge is 0.201 e. The Morgan fingerprint density at radius 1 is 0.348 bits per heavy atom. The number of para-hydroxylation sites is 2. The second-order valence-electron chi connectivity index (χ2n) is 10.1. The summed E-state index contributed by atoms with van der Waals surface area (Å²) in [5.41, 5.74) is 13.1. The third-order valence-electron chi connectivity index (χ3n) is 6.78. The first-order valence-electron chi connectivity index (χ1n) is 14.7. The maximum Gasteiger partial charge on any atom is 0.201 e. The Morgan fingerprint density at radius 2 is 0.674 bits per heavy atom. The van der Waals surface area contributed by atoms with E-state index < -0.39 is 0 Å². The molecule has 46 heavy (non-hydrogen) atoms. The Bertz CT molecular complexity index is 1790. The molecule has 222 valence electrons. The number of azo groups is 2. The monoisotopic (exact) mass is 598 g/mol. The lowest BCUT2D eigenvalue weighted by Gasteiger charge is -2.05. The van der Waals surface area contributed by atoms with E-state index in [0.29, 0.717) is 23.0 Å². The quantitative estimate of drug-likeness (QED) is 0.0749. The van der Waals surface area contributed by atoms with Gasteiger partial charge in [0.25, 0.3) is 0 Å². The molecular weight excluding hydrogens is 568 g/mol. The summed E-state index contributed by atoms with van der Waals surface area (Å²) in [6.07, 6.45) is 0. The van der Waals surface area contributed by atoms with Gasteiger partial charge in [-0.25, -0.2) is 0 Å². The molecule has 0 aliphatic rings. The number of amidine groups is 2. The Hall–Kier alpha value is -6.54. The second kappa shape index (κ2) is 15.3. The summed E-state index contributed by atoms with van der Waals surface area (Å²) in [7, 11) is 0. The average Bonchev–Trinajstić information content (AvgIpc) is 3.14. The predicted octanol–water partition coefficient (Wildman–Crippen LogP) is 10.5. The van der Waals surface area contributed by atoms with Crippen molar-refractivity contribution in [2.75, 3.05) is 10.9 Å². The number of benzene rings is 6. The zero-order valence-corrected chi connectivity index (χ0v) is 24.8. The SMILES string of the molecule is c1ccc(N/N=C(\N=N\c2ccc(-c3ccc(/N=N/C(=N\Nc4ccccc4)c4ccccc4)cc3)cc2)c2ccccc2)cc1. The molecule has 8 nitrogen and oxygen atoms in total. The van der Waals surface area contributed by atoms with Gasteiger partial charge in [0.15, 0.2) is 0 Å². The summed E-state index contributed by atoms with van der Waals surface area (Å²) in [4.78, 5) is 0. The second-order valence-corrected chi connectivity index (χ2v) is 10.1. The van der Waals surface area contributed by atoms with Crippen LogP contribution in [0.3, 0.4) is 0 Å². The number of nitrogens with one attached hydrogen (secondary N) is 2. The van der Waals surface area contributed by atoms with Crippen LogP contribution in [0.5, 0.6) is 0 Å². The first kappa shape index (κ1) is 29.5. The summed E-state index contributed by atoms with van der Waals surface area (Å²) >= 11 is 0. The molecule has 0 saturated carbocycles. The molecule has 0 heterocycles. The van der Waals surface area contributed by atoms with E-state index in [4.69, 9.17) is 0 Å². The Balaban J connectivity index is 1.14. The highest BCUT2D eigenvalue weighted by Crippen LogP contribution is 2.26. The van der Waals surface area contributed by atoms with Gasteiger partial charge >= 0.3 is 0 Å². The van der Waals surface area contributed by atoms with Crippen molar-refractivity contribution in [1.82, 2.24) is 0 Å². The summed E-state index contributed by atoms with van der Waals surface area (Å²) in [5, 5.41) is 26.8. The zero-order chi connectivity index (χ0) is 31.2. The van der Waals surface area contributed by atoms with Crippen molar-refractivity contribution in [2.24, 2.45) is 30.7 Å². The Kier molecular flexibility index (Phi) is 9.80. The molecule has 0 amide bonds. The number of nitrogens with zero attached hydrogens (tertiary/aromatic N) is 6. The molecule has 0 aromatic heterocycles. The molecule has 6 aromatic rings. The van der Waals surface area contributed by atoms with E-state index >= 15 is 0 Å². The lowest BCUT2D eigenvalue weighted by atomic mass is 10.1. The molecule has 0 aliphatic carbocycles. The van der Waals surface area contributed by atoms with Crippen LogP contribution >= 0.6 is 0 Å². The maximum absolute atomic E-state index is 4.50. The summed E-state index contributed by atoms with van der Waals surface area (Å²) in [5.74, 6) is 0.962. The molecule has 0 atom stereocenters. The van der Waals surface area contributed by atoms with E-state index in [1.807, 2.05) is 170 Å². The van der Waals surface area contributed by atoms with Crippen LogP contribution in [0.4, 0.5) is 22.7 Å². The third kappa shape index (κ3) is 8.30. The molecule has 0 spiro atoms. The van der Waals surface area contributed by atoms with Gasteiger partial charge in [-0.2, -0.15) is 10.2 Å². The van der Waals surface area contributed by atoms with Crippen LogP contribution < -0.4 is 10.9 Å². The average molecular weight is 599 g/mol. The minimum Gasteiger partial charge on any atom is -0.276 e. The summed E-state index contributed by atoms with van der Waals surface area (Å²) in [6.45, 7) is 0. The van der Waals surface area contributed by atoms with Crippen LogP contribution in [-0.4, -0.2) is 11.7 Å². The van der Waals surface area contributed by atoms with E-state index in [9.17, 15) is 0 Å². The minimum atomic E-state index is 0.481. The predicted molar refractivity (Wildman–Crippen MR) is 187 cm³/mol. The minimum absolute atomic E-state index is 0.481. The van der Waals surface area contributed by atoms with Crippen LogP contribution in [0.1, 0.15) is 11.1 Å². The fraction of sp³-hybridized carbons (Fsp3) is 0. The standard InChI is InChI=1S/C38H30N8/c1-5-13-31(14-6-1)37(43-39-33-17-9-3-10-18-33)45-41-35-25-21-29(22-26-35)30-23-27-36(28-24-30)42-46-38(32-15-7-2-8-16-32)44-40-34-19-11-4-12-20-34/h1-28,39-40H/b43-37-,44-38-,45-41+,46-42+. The lowest BCUT2D eigenvalue weighted by molar-refractivity contribution is 1.22. The highest BCUT2D eigenvalue weighted by atomic mass is 15.3. The zero-order valence-electron chi connectivity index (χ0n) is 24.8. The van der Waals surface area contributed by atoms with Gasteiger partial charge in [0.05, 0.1) is 22.7 Å². The molecule has 0 radical (unpaired) electrons. The number of hydrazone groups is 2. The van der Waals surface area contributed by atoms with E-state index in [0.717, 1.165) is 33.6 Å². The molecule has 6 rings (SSSR count). The Morgan fingerprint density at radius 3 is 1.02 bits per heavy atom. The van der Waals surface area contributed by atoms with Gasteiger partial charge in [-0.3, -0.25) is 10.9 Å². The van der Waals surface area contributed by atoms with Crippen LogP contribution in [0.2, 0.25) is 0 Å². The summed E-state index contributed by atoms with van der Waals surface area (Å²) < 4.78 is 0. The van der Waals surface area contributed by atoms with Gasteiger partial charge in [-0.1, -0.05) is 121 Å². The van der Waals surface area contributed by atoms with E-state index in [1.54, 1.807) is 0 Å². The van der Waals surface area contributed by atoms with Gasteiger partial charge in [-0.05, 0) is 59.7 Å². The van der Waals surface area contributed by atoms with Crippen molar-refractivity contribution in [2.45, 2.75) is 0 Å². The lowest BCUT2D eigenvalue weighted by Crippen LogP contribution is -2.00. The highest BCUT2D eigenvalue weighted by molar-refractivity contribution is 6.00. The molecule has 6 aromatic carbocycles. The van der Waals surface area contributed by atoms with Crippen LogP contribution in [0.25, 0.3) is 11.1 Å². The van der Waals surface area contributed by atoms with Crippen molar-refractivity contribution in [3.05, 3.63) is 181 Å². The fourth-order valence-corrected chi connectivity index (χ4v) is 4.38. The normalized spacial score (nSPS) is 12.0. The van der Waals surface area contributed by atoms with Gasteiger partial charge in [0.2, 0.25) is 11.7 Å². The van der Waals surface area contributed by atoms with Gasteiger partial charge < -0.3 is 0 Å².